The first-order valence-corrected chi connectivity index (χ1v) is 10.9. The third-order valence-electron chi connectivity index (χ3n) is 4.75. The molecule has 0 saturated carbocycles. The van der Waals surface area contributed by atoms with E-state index >= 15 is 0 Å². The van der Waals surface area contributed by atoms with Crippen molar-refractivity contribution in [1.29, 1.82) is 0 Å². The van der Waals surface area contributed by atoms with Gasteiger partial charge in [0, 0.05) is 18.9 Å². The summed E-state index contributed by atoms with van der Waals surface area (Å²) in [7, 11) is 0. The zero-order valence-corrected chi connectivity index (χ0v) is 19.9. The Hall–Kier alpha value is -2.89. The first-order valence-electron chi connectivity index (χ1n) is 10.9. The lowest BCUT2D eigenvalue weighted by molar-refractivity contribution is -0.134. The van der Waals surface area contributed by atoms with Crippen molar-refractivity contribution in [3.8, 4) is 5.75 Å². The molecule has 0 amide bonds. The van der Waals surface area contributed by atoms with Crippen LogP contribution in [0.5, 0.6) is 5.75 Å². The highest BCUT2D eigenvalue weighted by atomic mass is 19.1. The molecule has 0 unspecified atom stereocenters. The Bertz CT molecular complexity index is 895. The summed E-state index contributed by atoms with van der Waals surface area (Å²) in [6.07, 6.45) is 7.61. The summed E-state index contributed by atoms with van der Waals surface area (Å²) in [5.41, 5.74) is 4.42. The molecular weight excluding hydrogens is 409 g/mol. The number of nitrogens with zero attached hydrogens (tertiary/aromatic N) is 1. The van der Waals surface area contributed by atoms with Crippen LogP contribution in [0.15, 0.2) is 41.3 Å². The molecule has 5 nitrogen and oxygen atoms in total. The van der Waals surface area contributed by atoms with Gasteiger partial charge in [0.15, 0.2) is 0 Å². The van der Waals surface area contributed by atoms with Crippen LogP contribution in [-0.4, -0.2) is 29.3 Å². The minimum absolute atomic E-state index is 0.493. The summed E-state index contributed by atoms with van der Waals surface area (Å²) in [6.45, 7) is 12.6. The van der Waals surface area contributed by atoms with Gasteiger partial charge in [-0.1, -0.05) is 26.0 Å². The number of oxazole rings is 1. The number of hydrogen-bond donors (Lipinski definition) is 1. The summed E-state index contributed by atoms with van der Waals surface area (Å²) in [4.78, 5) is 13.3. The molecule has 0 saturated heterocycles. The van der Waals surface area contributed by atoms with Gasteiger partial charge in [0.2, 0.25) is 5.89 Å². The maximum absolute atomic E-state index is 12.4. The Morgan fingerprint density at radius 2 is 1.94 bits per heavy atom. The van der Waals surface area contributed by atoms with Crippen molar-refractivity contribution in [3.05, 3.63) is 65.4 Å². The molecule has 1 aromatic heterocycles. The van der Waals surface area contributed by atoms with Crippen LogP contribution in [-0.2, 0) is 24.1 Å². The number of aromatic nitrogens is 1. The molecule has 0 bridgehead atoms. The quantitative estimate of drug-likeness (QED) is 0.500. The fourth-order valence-corrected chi connectivity index (χ4v) is 2.93. The Morgan fingerprint density at radius 3 is 2.53 bits per heavy atom. The molecule has 0 spiro atoms. The minimum atomic E-state index is -0.833. The number of allylic oxidation sites excluding steroid dienone is 3. The van der Waals surface area contributed by atoms with Crippen molar-refractivity contribution in [1.82, 2.24) is 4.98 Å². The minimum Gasteiger partial charge on any atom is -0.493 e. The van der Waals surface area contributed by atoms with E-state index in [1.165, 1.54) is 30.0 Å². The summed E-state index contributed by atoms with van der Waals surface area (Å²) in [5.74, 6) is 2.02. The van der Waals surface area contributed by atoms with E-state index in [1.807, 2.05) is 19.1 Å². The Labute approximate surface area is 191 Å². The van der Waals surface area contributed by atoms with Crippen LogP contribution in [0.3, 0.4) is 0 Å². The first kappa shape index (κ1) is 27.1. The molecule has 1 aliphatic carbocycles. The maximum atomic E-state index is 12.4. The summed E-state index contributed by atoms with van der Waals surface area (Å²) < 4.78 is 23.9. The Balaban J connectivity index is 0.000000485. The maximum Gasteiger partial charge on any atom is 0.300 e. The van der Waals surface area contributed by atoms with Crippen LogP contribution in [0.25, 0.3) is 5.57 Å². The van der Waals surface area contributed by atoms with Crippen LogP contribution in [0.1, 0.15) is 62.6 Å². The molecule has 176 valence electrons. The van der Waals surface area contributed by atoms with Gasteiger partial charge in [-0.15, -0.1) is 6.58 Å². The topological polar surface area (TPSA) is 72.6 Å². The summed E-state index contributed by atoms with van der Waals surface area (Å²) >= 11 is 0. The normalized spacial score (nSPS) is 12.3. The second-order valence-electron chi connectivity index (χ2n) is 7.95. The number of aryl methyl sites for hydroxylation is 3. The Kier molecular flexibility index (Phi) is 12.1. The number of hydrogen-bond acceptors (Lipinski definition) is 4. The predicted molar refractivity (Wildman–Crippen MR) is 127 cm³/mol. The highest BCUT2D eigenvalue weighted by Gasteiger charge is 2.13. The molecule has 6 heteroatoms. The van der Waals surface area contributed by atoms with E-state index in [2.05, 4.69) is 37.5 Å². The molecule has 0 radical (unpaired) electrons. The van der Waals surface area contributed by atoms with Gasteiger partial charge in [0.25, 0.3) is 5.97 Å². The molecular formula is C26H36FNO4. The number of carboxylic acids is 1. The lowest BCUT2D eigenvalue weighted by Gasteiger charge is -2.07. The number of alkyl halides is 1. The van der Waals surface area contributed by atoms with Crippen molar-refractivity contribution >= 4 is 11.5 Å². The fraction of sp³-hybridized carbons (Fsp3) is 0.462. The SMILES string of the molecule is C/C(=C\CF)c1nc(C)c(CCOc2ccc3c(c2)CCC3)o1.C=CC(C)C.CC(=O)O. The van der Waals surface area contributed by atoms with E-state index in [9.17, 15) is 4.39 Å². The second kappa shape index (κ2) is 14.2. The Morgan fingerprint density at radius 1 is 1.31 bits per heavy atom. The van der Waals surface area contributed by atoms with Crippen LogP contribution in [0.4, 0.5) is 4.39 Å². The monoisotopic (exact) mass is 445 g/mol. The second-order valence-corrected chi connectivity index (χ2v) is 7.95. The summed E-state index contributed by atoms with van der Waals surface area (Å²) in [5, 5.41) is 7.42. The van der Waals surface area contributed by atoms with E-state index in [4.69, 9.17) is 19.1 Å². The van der Waals surface area contributed by atoms with Gasteiger partial charge in [0.1, 0.15) is 18.2 Å². The van der Waals surface area contributed by atoms with Crippen molar-refractivity contribution in [3.63, 3.8) is 0 Å². The van der Waals surface area contributed by atoms with Gasteiger partial charge < -0.3 is 14.3 Å². The van der Waals surface area contributed by atoms with Crippen molar-refractivity contribution in [2.24, 2.45) is 5.92 Å². The van der Waals surface area contributed by atoms with E-state index < -0.39 is 12.6 Å². The third-order valence-corrected chi connectivity index (χ3v) is 4.75. The smallest absolute Gasteiger partial charge is 0.300 e. The molecule has 0 fully saturated rings. The lowest BCUT2D eigenvalue weighted by Crippen LogP contribution is -2.02. The highest BCUT2D eigenvalue weighted by Crippen LogP contribution is 2.26. The van der Waals surface area contributed by atoms with Gasteiger partial charge in [-0.2, -0.15) is 0 Å². The number of benzene rings is 1. The number of aliphatic carboxylic acids is 1. The largest absolute Gasteiger partial charge is 0.493 e. The molecule has 0 atom stereocenters. The third kappa shape index (κ3) is 9.94. The molecule has 1 heterocycles. The number of rotatable bonds is 7. The number of halogens is 1. The van der Waals surface area contributed by atoms with Gasteiger partial charge in [-0.3, -0.25) is 4.79 Å². The fourth-order valence-electron chi connectivity index (χ4n) is 2.93. The van der Waals surface area contributed by atoms with Gasteiger partial charge in [-0.05, 0) is 68.4 Å². The van der Waals surface area contributed by atoms with Crippen LogP contribution in [0, 0.1) is 12.8 Å². The number of fused-ring (bicyclic) bond motifs is 1. The van der Waals surface area contributed by atoms with Crippen LogP contribution >= 0.6 is 0 Å². The molecule has 1 N–H and O–H groups in total. The molecule has 3 rings (SSSR count). The van der Waals surface area contributed by atoms with E-state index in [0.717, 1.165) is 36.1 Å². The van der Waals surface area contributed by atoms with Crippen LogP contribution < -0.4 is 4.74 Å². The zero-order chi connectivity index (χ0) is 24.1. The highest BCUT2D eigenvalue weighted by molar-refractivity contribution is 5.63. The van der Waals surface area contributed by atoms with Crippen molar-refractivity contribution in [2.45, 2.75) is 60.3 Å². The van der Waals surface area contributed by atoms with Crippen LogP contribution in [0.2, 0.25) is 0 Å². The zero-order valence-electron chi connectivity index (χ0n) is 19.9. The number of carboxylic acid groups (broad SMARTS) is 1. The predicted octanol–water partition coefficient (Wildman–Crippen LogP) is 6.39. The van der Waals surface area contributed by atoms with E-state index in [-0.39, 0.29) is 0 Å². The van der Waals surface area contributed by atoms with Gasteiger partial charge in [0.05, 0.1) is 12.3 Å². The van der Waals surface area contributed by atoms with Gasteiger partial charge >= 0.3 is 0 Å². The lowest BCUT2D eigenvalue weighted by atomic mass is 10.1. The standard InChI is InChI=1S/C19H22FNO2.C5H10.C2H4O2/c1-13(8-10-20)19-21-14(2)18(23-19)9-11-22-17-7-6-15-4-3-5-16(15)12-17;1-4-5(2)3;1-2(3)4/h6-8,12H,3-5,9-11H2,1-2H3;4-5H,1H2,2-3H3;1H3,(H,3,4)/b13-8+;;. The molecule has 32 heavy (non-hydrogen) atoms. The summed E-state index contributed by atoms with van der Waals surface area (Å²) in [6, 6.07) is 6.35. The van der Waals surface area contributed by atoms with E-state index in [1.54, 1.807) is 6.92 Å². The average molecular weight is 446 g/mol. The molecule has 0 aliphatic heterocycles. The first-order chi connectivity index (χ1) is 15.2. The average Bonchev–Trinajstić information content (AvgIpc) is 3.34. The van der Waals surface area contributed by atoms with Crippen molar-refractivity contribution < 1.29 is 23.4 Å². The van der Waals surface area contributed by atoms with Crippen molar-refractivity contribution in [2.75, 3.05) is 13.3 Å². The number of carbonyl (C=O) groups is 1. The van der Waals surface area contributed by atoms with Gasteiger partial charge in [-0.25, -0.2) is 9.37 Å². The molecule has 2 aromatic rings. The number of ether oxygens (including phenoxy) is 1. The molecule has 1 aliphatic rings. The molecule has 1 aromatic carbocycles. The van der Waals surface area contributed by atoms with E-state index in [0.29, 0.717) is 24.8 Å².